The number of fused-ring (bicyclic) bond motifs is 1. The fourth-order valence-corrected chi connectivity index (χ4v) is 3.16. The van der Waals surface area contributed by atoms with E-state index in [1.165, 1.54) is 16.8 Å². The molecule has 2 aromatic rings. The molecular weight excluding hydrogens is 393 g/mol. The van der Waals surface area contributed by atoms with Crippen molar-refractivity contribution in [1.29, 1.82) is 0 Å². The van der Waals surface area contributed by atoms with E-state index in [1.54, 1.807) is 11.3 Å². The van der Waals surface area contributed by atoms with E-state index < -0.39 is 0 Å². The van der Waals surface area contributed by atoms with Gasteiger partial charge in [-0.2, -0.15) is 11.3 Å². The van der Waals surface area contributed by atoms with E-state index >= 15 is 0 Å². The maximum absolute atomic E-state index is 4.77. The van der Waals surface area contributed by atoms with Gasteiger partial charge in [0.25, 0.3) is 0 Å². The lowest BCUT2D eigenvalue weighted by Crippen LogP contribution is -2.40. The third-order valence-corrected chi connectivity index (χ3v) is 4.20. The first kappa shape index (κ1) is 16.3. The third-order valence-electron chi connectivity index (χ3n) is 3.47. The zero-order valence-corrected chi connectivity index (χ0v) is 15.2. The van der Waals surface area contributed by atoms with Gasteiger partial charge >= 0.3 is 0 Å². The lowest BCUT2D eigenvalue weighted by Gasteiger charge is -2.22. The van der Waals surface area contributed by atoms with Crippen LogP contribution in [0, 0.1) is 0 Å². The van der Waals surface area contributed by atoms with Crippen LogP contribution >= 0.6 is 35.3 Å². The molecule has 1 aromatic heterocycles. The molecule has 1 aliphatic heterocycles. The summed E-state index contributed by atoms with van der Waals surface area (Å²) in [6.07, 6.45) is 1.10. The van der Waals surface area contributed by atoms with Crippen molar-refractivity contribution >= 4 is 47.0 Å². The van der Waals surface area contributed by atoms with Crippen LogP contribution in [0.3, 0.4) is 0 Å². The van der Waals surface area contributed by atoms with Crippen LogP contribution in [-0.2, 0) is 13.0 Å². The number of nitrogens with one attached hydrogen (secondary N) is 1. The van der Waals surface area contributed by atoms with Crippen molar-refractivity contribution in [2.45, 2.75) is 19.9 Å². The normalized spacial score (nSPS) is 13.8. The van der Waals surface area contributed by atoms with Gasteiger partial charge in [0.1, 0.15) is 0 Å². The van der Waals surface area contributed by atoms with Crippen LogP contribution in [0.1, 0.15) is 18.1 Å². The zero-order valence-electron chi connectivity index (χ0n) is 12.1. The highest BCUT2D eigenvalue weighted by molar-refractivity contribution is 14.0. The molecule has 3 nitrogen and oxygen atoms in total. The fourth-order valence-electron chi connectivity index (χ4n) is 2.50. The van der Waals surface area contributed by atoms with Gasteiger partial charge < -0.3 is 10.2 Å². The van der Waals surface area contributed by atoms with Crippen LogP contribution in [0.4, 0.5) is 5.69 Å². The number of hydrogen-bond donors (Lipinski definition) is 1. The molecule has 1 aliphatic rings. The molecular formula is C16H20IN3S. The van der Waals surface area contributed by atoms with Crippen molar-refractivity contribution in [3.8, 4) is 0 Å². The molecule has 0 bridgehead atoms. The summed E-state index contributed by atoms with van der Waals surface area (Å²) >= 11 is 1.72. The average molecular weight is 413 g/mol. The number of halogens is 1. The number of hydrogen-bond acceptors (Lipinski definition) is 2. The van der Waals surface area contributed by atoms with Gasteiger partial charge in [0.2, 0.25) is 0 Å². The van der Waals surface area contributed by atoms with E-state index in [1.807, 2.05) is 0 Å². The summed E-state index contributed by atoms with van der Waals surface area (Å²) < 4.78 is 0. The molecule has 0 unspecified atom stereocenters. The Balaban J connectivity index is 0.00000161. The summed E-state index contributed by atoms with van der Waals surface area (Å²) in [7, 11) is 0. The summed E-state index contributed by atoms with van der Waals surface area (Å²) in [4.78, 5) is 7.07. The highest BCUT2D eigenvalue weighted by atomic mass is 127. The summed E-state index contributed by atoms with van der Waals surface area (Å²) in [5, 5.41) is 7.67. The van der Waals surface area contributed by atoms with Crippen molar-refractivity contribution in [3.05, 3.63) is 52.2 Å². The highest BCUT2D eigenvalue weighted by Crippen LogP contribution is 2.27. The van der Waals surface area contributed by atoms with Gasteiger partial charge in [0.15, 0.2) is 5.96 Å². The van der Waals surface area contributed by atoms with E-state index in [2.05, 4.69) is 58.2 Å². The molecule has 0 amide bonds. The SMILES string of the molecule is CCNC(=NCc1ccsc1)N1CCc2ccccc21.I. The number of nitrogens with zero attached hydrogens (tertiary/aromatic N) is 2. The van der Waals surface area contributed by atoms with Crippen molar-refractivity contribution < 1.29 is 0 Å². The second-order valence-electron chi connectivity index (χ2n) is 4.83. The molecule has 0 aliphatic carbocycles. The Morgan fingerprint density at radius 3 is 2.95 bits per heavy atom. The fraction of sp³-hybridized carbons (Fsp3) is 0.312. The number of guanidine groups is 1. The van der Waals surface area contributed by atoms with Crippen molar-refractivity contribution in [1.82, 2.24) is 5.32 Å². The lowest BCUT2D eigenvalue weighted by molar-refractivity contribution is 0.883. The Morgan fingerprint density at radius 1 is 1.33 bits per heavy atom. The van der Waals surface area contributed by atoms with Crippen molar-refractivity contribution in [2.75, 3.05) is 18.0 Å². The van der Waals surface area contributed by atoms with Gasteiger partial charge in [-0.15, -0.1) is 24.0 Å². The van der Waals surface area contributed by atoms with Gasteiger partial charge in [0.05, 0.1) is 6.54 Å². The lowest BCUT2D eigenvalue weighted by atomic mass is 10.2. The van der Waals surface area contributed by atoms with Gasteiger partial charge in [-0.1, -0.05) is 18.2 Å². The predicted octanol–water partition coefficient (Wildman–Crippen LogP) is 3.89. The summed E-state index contributed by atoms with van der Waals surface area (Å²) in [6, 6.07) is 10.7. The molecule has 2 heterocycles. The number of para-hydroxylation sites is 1. The second kappa shape index (κ2) is 7.79. The Kier molecular flexibility index (Phi) is 6.05. The molecule has 1 aromatic carbocycles. The van der Waals surface area contributed by atoms with E-state index in [4.69, 9.17) is 4.99 Å². The molecule has 5 heteroatoms. The zero-order chi connectivity index (χ0) is 13.8. The summed E-state index contributed by atoms with van der Waals surface area (Å²) in [5.74, 6) is 0.989. The average Bonchev–Trinajstić information content (AvgIpc) is 3.13. The Hall–Kier alpha value is -1.08. The first-order valence-corrected chi connectivity index (χ1v) is 7.97. The van der Waals surface area contributed by atoms with Crippen LogP contribution in [-0.4, -0.2) is 19.0 Å². The highest BCUT2D eigenvalue weighted by Gasteiger charge is 2.22. The van der Waals surface area contributed by atoms with E-state index in [0.29, 0.717) is 0 Å². The monoisotopic (exact) mass is 413 g/mol. The molecule has 0 atom stereocenters. The van der Waals surface area contributed by atoms with E-state index in [9.17, 15) is 0 Å². The second-order valence-corrected chi connectivity index (χ2v) is 5.61. The van der Waals surface area contributed by atoms with Crippen LogP contribution in [0.15, 0.2) is 46.1 Å². The smallest absolute Gasteiger partial charge is 0.198 e. The molecule has 112 valence electrons. The largest absolute Gasteiger partial charge is 0.356 e. The minimum Gasteiger partial charge on any atom is -0.356 e. The maximum Gasteiger partial charge on any atom is 0.198 e. The van der Waals surface area contributed by atoms with Crippen LogP contribution < -0.4 is 10.2 Å². The minimum atomic E-state index is 0. The van der Waals surface area contributed by atoms with Crippen molar-refractivity contribution in [2.24, 2.45) is 4.99 Å². The van der Waals surface area contributed by atoms with Crippen molar-refractivity contribution in [3.63, 3.8) is 0 Å². The molecule has 3 rings (SSSR count). The Bertz CT molecular complexity index is 595. The molecule has 0 saturated carbocycles. The Morgan fingerprint density at radius 2 is 2.19 bits per heavy atom. The molecule has 0 radical (unpaired) electrons. The number of benzene rings is 1. The van der Waals surface area contributed by atoms with E-state index in [-0.39, 0.29) is 24.0 Å². The standard InChI is InChI=1S/C16H19N3S.HI/c1-2-17-16(18-11-13-8-10-20-12-13)19-9-7-14-5-3-4-6-15(14)19;/h3-6,8,10,12H,2,7,9,11H2,1H3,(H,17,18);1H. The van der Waals surface area contributed by atoms with Crippen LogP contribution in [0.25, 0.3) is 0 Å². The van der Waals surface area contributed by atoms with Gasteiger partial charge in [-0.25, -0.2) is 4.99 Å². The van der Waals surface area contributed by atoms with Crippen LogP contribution in [0.5, 0.6) is 0 Å². The molecule has 21 heavy (non-hydrogen) atoms. The van der Waals surface area contributed by atoms with Gasteiger partial charge in [-0.3, -0.25) is 0 Å². The van der Waals surface area contributed by atoms with Gasteiger partial charge in [-0.05, 0) is 47.4 Å². The number of anilines is 1. The molecule has 0 spiro atoms. The minimum absolute atomic E-state index is 0. The van der Waals surface area contributed by atoms with E-state index in [0.717, 1.165) is 32.0 Å². The maximum atomic E-state index is 4.77. The third kappa shape index (κ3) is 3.77. The number of rotatable bonds is 3. The quantitative estimate of drug-likeness (QED) is 0.470. The molecule has 0 fully saturated rings. The Labute approximate surface area is 147 Å². The molecule has 1 N–H and O–H groups in total. The summed E-state index contributed by atoms with van der Waals surface area (Å²) in [5.41, 5.74) is 3.98. The number of thiophene rings is 1. The first-order chi connectivity index (χ1) is 9.88. The topological polar surface area (TPSA) is 27.6 Å². The van der Waals surface area contributed by atoms with Crippen LogP contribution in [0.2, 0.25) is 0 Å². The number of aliphatic imine (C=N–C) groups is 1. The molecule has 0 saturated heterocycles. The first-order valence-electron chi connectivity index (χ1n) is 7.03. The predicted molar refractivity (Wildman–Crippen MR) is 102 cm³/mol. The summed E-state index contributed by atoms with van der Waals surface area (Å²) in [6.45, 7) is 4.75. The van der Waals surface area contributed by atoms with Gasteiger partial charge in [0, 0.05) is 18.8 Å².